The lowest BCUT2D eigenvalue weighted by Crippen LogP contribution is -2.05. The fourth-order valence-corrected chi connectivity index (χ4v) is 1.35. The largest absolute Gasteiger partial charge is 0.476 e. The molecule has 0 bridgehead atoms. The maximum absolute atomic E-state index is 10.9. The zero-order chi connectivity index (χ0) is 13.8. The van der Waals surface area contributed by atoms with E-state index in [1.54, 1.807) is 0 Å². The first-order chi connectivity index (χ1) is 9.09. The van der Waals surface area contributed by atoms with Gasteiger partial charge in [-0.25, -0.2) is 14.8 Å². The molecule has 0 fully saturated rings. The maximum Gasteiger partial charge on any atom is 0.360 e. The molecule has 0 aliphatic carbocycles. The summed E-state index contributed by atoms with van der Waals surface area (Å²) in [6.45, 7) is 0. The molecule has 8 nitrogen and oxygen atoms in total. The van der Waals surface area contributed by atoms with E-state index in [0.717, 1.165) is 0 Å². The van der Waals surface area contributed by atoms with Crippen LogP contribution < -0.4 is 4.74 Å². The van der Waals surface area contributed by atoms with Gasteiger partial charge >= 0.3 is 11.7 Å². The van der Waals surface area contributed by atoms with Crippen LogP contribution in [0.2, 0.25) is 0 Å². The van der Waals surface area contributed by atoms with Crippen LogP contribution in [0.15, 0.2) is 36.7 Å². The Morgan fingerprint density at radius 1 is 1.26 bits per heavy atom. The highest BCUT2D eigenvalue weighted by atomic mass is 16.6. The second kappa shape index (κ2) is 5.08. The molecule has 1 N–H and O–H groups in total. The molecule has 0 unspecified atom stereocenters. The molecule has 0 atom stereocenters. The monoisotopic (exact) mass is 261 g/mol. The molecule has 0 radical (unpaired) electrons. The van der Waals surface area contributed by atoms with E-state index < -0.39 is 16.6 Å². The van der Waals surface area contributed by atoms with Crippen LogP contribution in [0.3, 0.4) is 0 Å². The van der Waals surface area contributed by atoms with Gasteiger partial charge in [-0.1, -0.05) is 12.1 Å². The first-order valence-corrected chi connectivity index (χ1v) is 5.05. The van der Waals surface area contributed by atoms with E-state index in [0.29, 0.717) is 0 Å². The minimum atomic E-state index is -1.33. The number of hydrogen-bond donors (Lipinski definition) is 1. The molecule has 0 spiro atoms. The zero-order valence-corrected chi connectivity index (χ0v) is 9.39. The topological polar surface area (TPSA) is 115 Å². The van der Waals surface area contributed by atoms with Crippen LogP contribution in [0, 0.1) is 10.1 Å². The van der Waals surface area contributed by atoms with Gasteiger partial charge in [-0.3, -0.25) is 10.1 Å². The number of carboxylic acid groups (broad SMARTS) is 1. The summed E-state index contributed by atoms with van der Waals surface area (Å²) in [5.41, 5.74) is -0.704. The summed E-state index contributed by atoms with van der Waals surface area (Å²) in [7, 11) is 0. The highest BCUT2D eigenvalue weighted by Gasteiger charge is 2.19. The Kier molecular flexibility index (Phi) is 3.33. The van der Waals surface area contributed by atoms with Crippen LogP contribution >= 0.6 is 0 Å². The fourth-order valence-electron chi connectivity index (χ4n) is 1.35. The second-order valence-corrected chi connectivity index (χ2v) is 3.34. The molecular weight excluding hydrogens is 254 g/mol. The molecule has 0 amide bonds. The van der Waals surface area contributed by atoms with Gasteiger partial charge in [-0.15, -0.1) is 0 Å². The minimum Gasteiger partial charge on any atom is -0.476 e. The lowest BCUT2D eigenvalue weighted by atomic mass is 10.3. The van der Waals surface area contributed by atoms with Crippen LogP contribution in [-0.4, -0.2) is 26.0 Å². The Balaban J connectivity index is 2.42. The number of aromatic nitrogens is 2. The third-order valence-corrected chi connectivity index (χ3v) is 2.14. The van der Waals surface area contributed by atoms with Crippen molar-refractivity contribution in [2.45, 2.75) is 0 Å². The van der Waals surface area contributed by atoms with Crippen molar-refractivity contribution in [3.05, 3.63) is 52.5 Å². The van der Waals surface area contributed by atoms with Gasteiger partial charge in [0.05, 0.1) is 4.92 Å². The van der Waals surface area contributed by atoms with Crippen molar-refractivity contribution in [3.63, 3.8) is 0 Å². The average molecular weight is 261 g/mol. The summed E-state index contributed by atoms with van der Waals surface area (Å²) in [5, 5.41) is 19.7. The van der Waals surface area contributed by atoms with E-state index in [1.807, 2.05) is 0 Å². The van der Waals surface area contributed by atoms with Gasteiger partial charge in [0.2, 0.25) is 11.4 Å². The maximum atomic E-state index is 10.9. The Labute approximate surface area is 106 Å². The first-order valence-electron chi connectivity index (χ1n) is 5.05. The molecule has 2 aromatic rings. The molecule has 0 aliphatic rings. The molecule has 8 heteroatoms. The van der Waals surface area contributed by atoms with Crippen molar-refractivity contribution in [1.82, 2.24) is 9.97 Å². The Hall–Kier alpha value is -3.03. The molecule has 0 aliphatic heterocycles. The average Bonchev–Trinajstić information content (AvgIpc) is 2.39. The molecular formula is C11H7N3O5. The van der Waals surface area contributed by atoms with Gasteiger partial charge in [0.1, 0.15) is 0 Å². The molecule has 19 heavy (non-hydrogen) atoms. The second-order valence-electron chi connectivity index (χ2n) is 3.34. The predicted molar refractivity (Wildman–Crippen MR) is 62.2 cm³/mol. The van der Waals surface area contributed by atoms with E-state index in [4.69, 9.17) is 9.84 Å². The lowest BCUT2D eigenvalue weighted by Gasteiger charge is -2.06. The molecule has 1 aromatic heterocycles. The number of carbonyl (C=O) groups is 1. The summed E-state index contributed by atoms with van der Waals surface area (Å²) in [6, 6.07) is 5.59. The summed E-state index contributed by atoms with van der Waals surface area (Å²) in [4.78, 5) is 28.4. The van der Waals surface area contributed by atoms with Crippen molar-refractivity contribution >= 4 is 11.7 Å². The van der Waals surface area contributed by atoms with E-state index in [-0.39, 0.29) is 17.3 Å². The molecule has 1 aromatic carbocycles. The van der Waals surface area contributed by atoms with Crippen LogP contribution in [0.1, 0.15) is 10.5 Å². The number of nitro groups is 1. The summed E-state index contributed by atoms with van der Waals surface area (Å²) in [6.07, 6.45) is 2.42. The lowest BCUT2D eigenvalue weighted by molar-refractivity contribution is -0.385. The summed E-state index contributed by atoms with van der Waals surface area (Å²) in [5.74, 6) is -1.73. The van der Waals surface area contributed by atoms with Crippen LogP contribution in [0.5, 0.6) is 11.6 Å². The third-order valence-electron chi connectivity index (χ3n) is 2.14. The summed E-state index contributed by atoms with van der Waals surface area (Å²) >= 11 is 0. The number of hydrogen-bond acceptors (Lipinski definition) is 6. The Bertz CT molecular complexity index is 588. The van der Waals surface area contributed by atoms with Crippen molar-refractivity contribution in [2.75, 3.05) is 0 Å². The number of aromatic carboxylic acids is 1. The van der Waals surface area contributed by atoms with Crippen molar-refractivity contribution in [1.29, 1.82) is 0 Å². The predicted octanol–water partition coefficient (Wildman–Crippen LogP) is 1.88. The van der Waals surface area contributed by atoms with Crippen molar-refractivity contribution in [3.8, 4) is 11.6 Å². The minimum absolute atomic E-state index is 0.101. The number of para-hydroxylation sites is 2. The van der Waals surface area contributed by atoms with Gasteiger partial charge in [0, 0.05) is 18.5 Å². The summed E-state index contributed by atoms with van der Waals surface area (Å²) < 4.78 is 5.17. The third kappa shape index (κ3) is 2.63. The van der Waals surface area contributed by atoms with Gasteiger partial charge < -0.3 is 9.84 Å². The number of benzene rings is 1. The van der Waals surface area contributed by atoms with Crippen molar-refractivity contribution in [2.24, 2.45) is 0 Å². The molecule has 0 saturated heterocycles. The number of carboxylic acids is 1. The fraction of sp³-hybridized carbons (Fsp3) is 0. The van der Waals surface area contributed by atoms with E-state index >= 15 is 0 Å². The van der Waals surface area contributed by atoms with E-state index in [2.05, 4.69) is 9.97 Å². The molecule has 96 valence electrons. The standard InChI is InChI=1S/C11H7N3O5/c15-11(16)9-10(13-6-5-12-9)19-8-4-2-1-3-7(8)14(17)18/h1-6H,(H,15,16). The van der Waals surface area contributed by atoms with Gasteiger partial charge in [-0.2, -0.15) is 0 Å². The normalized spacial score (nSPS) is 9.89. The number of ether oxygens (including phenoxy) is 1. The number of nitro benzene ring substituents is 1. The van der Waals surface area contributed by atoms with Crippen LogP contribution in [-0.2, 0) is 0 Å². The van der Waals surface area contributed by atoms with Gasteiger partial charge in [0.15, 0.2) is 0 Å². The van der Waals surface area contributed by atoms with Crippen LogP contribution in [0.4, 0.5) is 5.69 Å². The van der Waals surface area contributed by atoms with Gasteiger partial charge in [0.25, 0.3) is 5.88 Å². The number of rotatable bonds is 4. The number of nitrogens with zero attached hydrogens (tertiary/aromatic N) is 3. The van der Waals surface area contributed by atoms with E-state index in [1.165, 1.54) is 36.7 Å². The zero-order valence-electron chi connectivity index (χ0n) is 9.39. The van der Waals surface area contributed by atoms with Crippen LogP contribution in [0.25, 0.3) is 0 Å². The Morgan fingerprint density at radius 2 is 1.95 bits per heavy atom. The molecule has 1 heterocycles. The smallest absolute Gasteiger partial charge is 0.360 e. The SMILES string of the molecule is O=C(O)c1nccnc1Oc1ccccc1[N+](=O)[O-]. The highest BCUT2D eigenvalue weighted by molar-refractivity contribution is 5.87. The molecule has 2 rings (SSSR count). The highest BCUT2D eigenvalue weighted by Crippen LogP contribution is 2.30. The van der Waals surface area contributed by atoms with Gasteiger partial charge in [-0.05, 0) is 6.07 Å². The molecule has 0 saturated carbocycles. The quantitative estimate of drug-likeness (QED) is 0.659. The first kappa shape index (κ1) is 12.4. The Morgan fingerprint density at radius 3 is 2.63 bits per heavy atom. The van der Waals surface area contributed by atoms with Crippen molar-refractivity contribution < 1.29 is 19.6 Å². The van der Waals surface area contributed by atoms with E-state index in [9.17, 15) is 14.9 Å².